The lowest BCUT2D eigenvalue weighted by Crippen LogP contribution is -2.54. The maximum Gasteiger partial charge on any atom is 0.335 e. The maximum absolute atomic E-state index is 12.7. The number of benzene rings is 2. The van der Waals surface area contributed by atoms with E-state index in [1.54, 1.807) is 24.3 Å². The zero-order valence-corrected chi connectivity index (χ0v) is 13.2. The standard InChI is InChI=1S/C18H14N2O5/c1-10-2-5-12(6-3-10)20-17(24)14(16(23)19-18(20)25)8-11-4-7-13(21)9-15(11)22/h2-9,21-22H,1H3,(H,19,23,25). The Morgan fingerprint density at radius 2 is 1.68 bits per heavy atom. The number of rotatable bonds is 2. The molecule has 0 aliphatic carbocycles. The second kappa shape index (κ2) is 6.12. The highest BCUT2D eigenvalue weighted by Crippen LogP contribution is 2.27. The lowest BCUT2D eigenvalue weighted by molar-refractivity contribution is -0.122. The van der Waals surface area contributed by atoms with E-state index in [9.17, 15) is 24.6 Å². The molecule has 126 valence electrons. The minimum Gasteiger partial charge on any atom is -0.508 e. The number of nitrogens with zero attached hydrogens (tertiary/aromatic N) is 1. The fourth-order valence-electron chi connectivity index (χ4n) is 2.40. The van der Waals surface area contributed by atoms with E-state index in [1.165, 1.54) is 18.2 Å². The van der Waals surface area contributed by atoms with Crippen LogP contribution in [0.1, 0.15) is 11.1 Å². The van der Waals surface area contributed by atoms with Gasteiger partial charge in [0.1, 0.15) is 17.1 Å². The van der Waals surface area contributed by atoms with Crippen LogP contribution < -0.4 is 10.2 Å². The van der Waals surface area contributed by atoms with Crippen LogP contribution in [0, 0.1) is 6.92 Å². The summed E-state index contributed by atoms with van der Waals surface area (Å²) in [4.78, 5) is 37.6. The molecule has 0 atom stereocenters. The molecule has 7 heteroatoms. The van der Waals surface area contributed by atoms with Gasteiger partial charge in [-0.2, -0.15) is 0 Å². The summed E-state index contributed by atoms with van der Waals surface area (Å²) in [7, 11) is 0. The van der Waals surface area contributed by atoms with Crippen molar-refractivity contribution in [2.24, 2.45) is 0 Å². The Bertz CT molecular complexity index is 916. The van der Waals surface area contributed by atoms with Crippen molar-refractivity contribution in [2.75, 3.05) is 4.90 Å². The number of barbiturate groups is 1. The number of hydrogen-bond acceptors (Lipinski definition) is 5. The Morgan fingerprint density at radius 1 is 1.00 bits per heavy atom. The second-order valence-corrected chi connectivity index (χ2v) is 5.54. The van der Waals surface area contributed by atoms with Crippen molar-refractivity contribution in [3.63, 3.8) is 0 Å². The lowest BCUT2D eigenvalue weighted by Gasteiger charge is -2.26. The number of phenols is 2. The van der Waals surface area contributed by atoms with E-state index >= 15 is 0 Å². The largest absolute Gasteiger partial charge is 0.508 e. The summed E-state index contributed by atoms with van der Waals surface area (Å²) in [5.41, 5.74) is 1.13. The van der Waals surface area contributed by atoms with Crippen LogP contribution in [-0.4, -0.2) is 28.1 Å². The molecular weight excluding hydrogens is 324 g/mol. The van der Waals surface area contributed by atoms with E-state index in [4.69, 9.17) is 0 Å². The number of nitrogens with one attached hydrogen (secondary N) is 1. The van der Waals surface area contributed by atoms with Crippen LogP contribution in [0.5, 0.6) is 11.5 Å². The predicted octanol–water partition coefficient (Wildman–Crippen LogP) is 2.07. The molecule has 7 nitrogen and oxygen atoms in total. The van der Waals surface area contributed by atoms with Gasteiger partial charge in [-0.1, -0.05) is 17.7 Å². The Morgan fingerprint density at radius 3 is 2.32 bits per heavy atom. The topological polar surface area (TPSA) is 107 Å². The third-order valence-corrected chi connectivity index (χ3v) is 3.71. The van der Waals surface area contributed by atoms with Crippen LogP contribution in [0.2, 0.25) is 0 Å². The number of carbonyl (C=O) groups excluding carboxylic acids is 3. The highest BCUT2D eigenvalue weighted by molar-refractivity contribution is 6.39. The van der Waals surface area contributed by atoms with E-state index in [2.05, 4.69) is 5.32 Å². The highest BCUT2D eigenvalue weighted by atomic mass is 16.3. The first-order valence-electron chi connectivity index (χ1n) is 7.37. The summed E-state index contributed by atoms with van der Waals surface area (Å²) >= 11 is 0. The number of hydrogen-bond donors (Lipinski definition) is 3. The Balaban J connectivity index is 2.03. The molecule has 25 heavy (non-hydrogen) atoms. The molecule has 1 aliphatic rings. The first-order chi connectivity index (χ1) is 11.9. The zero-order valence-electron chi connectivity index (χ0n) is 13.2. The third-order valence-electron chi connectivity index (χ3n) is 3.71. The SMILES string of the molecule is Cc1ccc(N2C(=O)NC(=O)C(=Cc3ccc(O)cc3O)C2=O)cc1. The molecule has 0 radical (unpaired) electrons. The van der Waals surface area contributed by atoms with Crippen LogP contribution >= 0.6 is 0 Å². The molecule has 1 aliphatic heterocycles. The van der Waals surface area contributed by atoms with Gasteiger partial charge >= 0.3 is 6.03 Å². The first kappa shape index (κ1) is 16.3. The normalized spacial score (nSPS) is 16.3. The minimum absolute atomic E-state index is 0.157. The van der Waals surface area contributed by atoms with Gasteiger partial charge in [-0.25, -0.2) is 9.69 Å². The molecule has 3 rings (SSSR count). The van der Waals surface area contributed by atoms with Gasteiger partial charge < -0.3 is 10.2 Å². The smallest absolute Gasteiger partial charge is 0.335 e. The van der Waals surface area contributed by atoms with Crippen molar-refractivity contribution < 1.29 is 24.6 Å². The Labute approximate surface area is 142 Å². The highest BCUT2D eigenvalue weighted by Gasteiger charge is 2.36. The number of amides is 4. The van der Waals surface area contributed by atoms with Crippen molar-refractivity contribution >= 4 is 29.6 Å². The Kier molecular flexibility index (Phi) is 3.98. The summed E-state index contributed by atoms with van der Waals surface area (Å²) in [6.45, 7) is 1.87. The van der Waals surface area contributed by atoms with Gasteiger partial charge in [-0.15, -0.1) is 0 Å². The van der Waals surface area contributed by atoms with Crippen molar-refractivity contribution in [3.8, 4) is 11.5 Å². The van der Waals surface area contributed by atoms with Gasteiger partial charge in [0.05, 0.1) is 5.69 Å². The van der Waals surface area contributed by atoms with Crippen LogP contribution in [0.3, 0.4) is 0 Å². The summed E-state index contributed by atoms with van der Waals surface area (Å²) in [6.07, 6.45) is 1.17. The number of anilines is 1. The molecule has 0 bridgehead atoms. The zero-order chi connectivity index (χ0) is 18.1. The van der Waals surface area contributed by atoms with Gasteiger partial charge in [-0.05, 0) is 37.3 Å². The van der Waals surface area contributed by atoms with Crippen molar-refractivity contribution in [3.05, 3.63) is 59.2 Å². The number of carbonyl (C=O) groups is 3. The van der Waals surface area contributed by atoms with Gasteiger partial charge in [-0.3, -0.25) is 14.9 Å². The molecule has 0 spiro atoms. The van der Waals surface area contributed by atoms with Gasteiger partial charge in [0, 0.05) is 11.6 Å². The first-order valence-corrected chi connectivity index (χ1v) is 7.37. The van der Waals surface area contributed by atoms with Crippen LogP contribution in [-0.2, 0) is 9.59 Å². The van der Waals surface area contributed by atoms with E-state index in [0.717, 1.165) is 16.5 Å². The fourth-order valence-corrected chi connectivity index (χ4v) is 2.40. The van der Waals surface area contributed by atoms with Crippen molar-refractivity contribution in [1.82, 2.24) is 5.32 Å². The number of aromatic hydroxyl groups is 2. The molecule has 1 saturated heterocycles. The van der Waals surface area contributed by atoms with Gasteiger partial charge in [0.15, 0.2) is 0 Å². The summed E-state index contributed by atoms with van der Waals surface area (Å²) < 4.78 is 0. The summed E-state index contributed by atoms with van der Waals surface area (Å²) in [5, 5.41) is 21.2. The molecule has 2 aromatic carbocycles. The van der Waals surface area contributed by atoms with Crippen LogP contribution in [0.15, 0.2) is 48.0 Å². The average Bonchev–Trinajstić information content (AvgIpc) is 2.55. The van der Waals surface area contributed by atoms with Crippen LogP contribution in [0.25, 0.3) is 6.08 Å². The quantitative estimate of drug-likeness (QED) is 0.574. The molecule has 0 unspecified atom stereocenters. The van der Waals surface area contributed by atoms with Crippen molar-refractivity contribution in [2.45, 2.75) is 6.92 Å². The molecule has 1 heterocycles. The number of urea groups is 1. The maximum atomic E-state index is 12.7. The lowest BCUT2D eigenvalue weighted by atomic mass is 10.1. The average molecular weight is 338 g/mol. The molecule has 1 fully saturated rings. The molecule has 3 N–H and O–H groups in total. The van der Waals surface area contributed by atoms with Crippen molar-refractivity contribution in [1.29, 1.82) is 0 Å². The summed E-state index contributed by atoms with van der Waals surface area (Å²) in [6, 6.07) is 9.57. The van der Waals surface area contributed by atoms with E-state index in [0.29, 0.717) is 5.69 Å². The number of phenolic OH excluding ortho intramolecular Hbond substituents is 2. The molecule has 0 aromatic heterocycles. The van der Waals surface area contributed by atoms with Gasteiger partial charge in [0.2, 0.25) is 0 Å². The molecule has 0 saturated carbocycles. The predicted molar refractivity (Wildman–Crippen MR) is 90.0 cm³/mol. The molecular formula is C18H14N2O5. The van der Waals surface area contributed by atoms with E-state index < -0.39 is 17.8 Å². The number of imide groups is 2. The van der Waals surface area contributed by atoms with E-state index in [-0.39, 0.29) is 22.6 Å². The Hall–Kier alpha value is -3.61. The number of aryl methyl sites for hydroxylation is 1. The van der Waals surface area contributed by atoms with Crippen LogP contribution in [0.4, 0.5) is 10.5 Å². The molecule has 4 amide bonds. The van der Waals surface area contributed by atoms with E-state index in [1.807, 2.05) is 6.92 Å². The second-order valence-electron chi connectivity index (χ2n) is 5.54. The third kappa shape index (κ3) is 3.07. The van der Waals surface area contributed by atoms with Gasteiger partial charge in [0.25, 0.3) is 11.8 Å². The fraction of sp³-hybridized carbons (Fsp3) is 0.0556. The monoisotopic (exact) mass is 338 g/mol. The minimum atomic E-state index is -0.856. The molecule has 2 aromatic rings. The summed E-state index contributed by atoms with van der Waals surface area (Å²) in [5.74, 6) is -2.11.